The highest BCUT2D eigenvalue weighted by Gasteiger charge is 2.34. The van der Waals surface area contributed by atoms with Gasteiger partial charge in [-0.2, -0.15) is 0 Å². The molecule has 0 saturated heterocycles. The van der Waals surface area contributed by atoms with Crippen LogP contribution in [0.15, 0.2) is 12.2 Å². The Morgan fingerprint density at radius 1 is 1.25 bits per heavy atom. The molecule has 0 aliphatic heterocycles. The number of halogens is 1. The Hall–Kier alpha value is 0.247. The summed E-state index contributed by atoms with van der Waals surface area (Å²) in [4.78, 5) is 0. The van der Waals surface area contributed by atoms with Gasteiger partial charge in [0.05, 0.1) is 0 Å². The summed E-state index contributed by atoms with van der Waals surface area (Å²) >= 11 is 6.05. The Balaban J connectivity index is 2.57. The van der Waals surface area contributed by atoms with Crippen LogP contribution in [-0.2, 0) is 0 Å². The first-order chi connectivity index (χ1) is 5.47. The molecule has 0 aromatic rings. The quantitative estimate of drug-likeness (QED) is 0.370. The fourth-order valence-electron chi connectivity index (χ4n) is 2.18. The molecule has 0 bridgehead atoms. The molecule has 2 heteroatoms. The summed E-state index contributed by atoms with van der Waals surface area (Å²) in [6.45, 7) is 7.29. The van der Waals surface area contributed by atoms with Gasteiger partial charge in [-0.25, -0.2) is 0 Å². The van der Waals surface area contributed by atoms with Crippen molar-refractivity contribution in [2.45, 2.75) is 38.5 Å². The summed E-state index contributed by atoms with van der Waals surface area (Å²) in [5.41, 5.74) is 0.437. The van der Waals surface area contributed by atoms with E-state index in [2.05, 4.69) is 31.8 Å². The lowest BCUT2D eigenvalue weighted by Gasteiger charge is -2.32. The van der Waals surface area contributed by atoms with Crippen molar-refractivity contribution in [2.75, 3.05) is 5.88 Å². The Bertz CT molecular complexity index is 171. The molecule has 1 aliphatic carbocycles. The van der Waals surface area contributed by atoms with E-state index in [1.807, 2.05) is 0 Å². The maximum absolute atomic E-state index is 6.05. The van der Waals surface area contributed by atoms with Gasteiger partial charge in [-0.1, -0.05) is 37.8 Å². The zero-order valence-corrected chi connectivity index (χ0v) is 10.1. The molecule has 0 aromatic carbocycles. The van der Waals surface area contributed by atoms with Gasteiger partial charge in [0.2, 0.25) is 0 Å². The first kappa shape index (κ1) is 10.3. The van der Waals surface area contributed by atoms with Crippen LogP contribution in [0, 0.1) is 5.41 Å². The van der Waals surface area contributed by atoms with Gasteiger partial charge >= 0.3 is 0 Å². The third-order valence-electron chi connectivity index (χ3n) is 2.46. The molecule has 1 aliphatic rings. The lowest BCUT2D eigenvalue weighted by atomic mass is 9.90. The molecule has 0 N–H and O–H groups in total. The lowest BCUT2D eigenvalue weighted by Crippen LogP contribution is -2.32. The van der Waals surface area contributed by atoms with Crippen LogP contribution in [0.3, 0.4) is 0 Å². The molecule has 0 amide bonds. The molecule has 0 atom stereocenters. The molecule has 0 nitrogen and oxygen atoms in total. The Morgan fingerprint density at radius 3 is 2.08 bits per heavy atom. The van der Waals surface area contributed by atoms with Crippen LogP contribution in [0.5, 0.6) is 0 Å². The summed E-state index contributed by atoms with van der Waals surface area (Å²) in [5.74, 6) is 0.838. The van der Waals surface area contributed by atoms with Crippen molar-refractivity contribution in [3.8, 4) is 0 Å². The summed E-state index contributed by atoms with van der Waals surface area (Å²) in [6, 6.07) is 1.37. The minimum absolute atomic E-state index is 0.437. The maximum atomic E-state index is 6.05. The van der Waals surface area contributed by atoms with E-state index in [1.165, 1.54) is 18.9 Å². The van der Waals surface area contributed by atoms with E-state index in [-0.39, 0.29) is 0 Å². The number of allylic oxidation sites excluding steroid dienone is 2. The first-order valence-electron chi connectivity index (χ1n) is 4.68. The maximum Gasteiger partial charge on any atom is 0.0448 e. The largest absolute Gasteiger partial charge is 0.126 e. The third-order valence-corrected chi connectivity index (χ3v) is 4.83. The minimum atomic E-state index is -0.940. The zero-order valence-electron chi connectivity index (χ0n) is 8.36. The molecule has 0 radical (unpaired) electrons. The number of hydrogen-bond donors (Lipinski definition) is 0. The van der Waals surface area contributed by atoms with Crippen molar-refractivity contribution in [3.05, 3.63) is 12.2 Å². The molecule has 70 valence electrons. The van der Waals surface area contributed by atoms with Crippen LogP contribution in [0.4, 0.5) is 0 Å². The molecule has 0 spiro atoms. The van der Waals surface area contributed by atoms with Crippen LogP contribution >= 0.6 is 11.6 Å². The molecular formula is C10H19ClSi. The summed E-state index contributed by atoms with van der Waals surface area (Å²) in [5, 5.41) is 0. The molecule has 12 heavy (non-hydrogen) atoms. The van der Waals surface area contributed by atoms with Crippen LogP contribution in [0.2, 0.25) is 25.7 Å². The van der Waals surface area contributed by atoms with Crippen molar-refractivity contribution in [1.82, 2.24) is 0 Å². The summed E-state index contributed by atoms with van der Waals surface area (Å²) in [7, 11) is -0.940. The van der Waals surface area contributed by atoms with Gasteiger partial charge in [0.1, 0.15) is 0 Å². The number of alkyl halides is 1. The summed E-state index contributed by atoms with van der Waals surface area (Å²) < 4.78 is 0. The SMILES string of the molecule is C[Si](C)(C)CC1(CCl)CC=CC1. The minimum Gasteiger partial charge on any atom is -0.126 e. The second-order valence-electron chi connectivity index (χ2n) is 5.25. The number of hydrogen-bond acceptors (Lipinski definition) is 0. The van der Waals surface area contributed by atoms with E-state index in [0.717, 1.165) is 5.88 Å². The summed E-state index contributed by atoms with van der Waals surface area (Å²) in [6.07, 6.45) is 7.01. The fraction of sp³-hybridized carbons (Fsp3) is 0.800. The van der Waals surface area contributed by atoms with E-state index in [4.69, 9.17) is 11.6 Å². The molecule has 1 rings (SSSR count). The van der Waals surface area contributed by atoms with Gasteiger partial charge in [0, 0.05) is 14.0 Å². The van der Waals surface area contributed by atoms with Crippen LogP contribution in [-0.4, -0.2) is 14.0 Å². The second kappa shape index (κ2) is 3.55. The van der Waals surface area contributed by atoms with Crippen molar-refractivity contribution >= 4 is 19.7 Å². The van der Waals surface area contributed by atoms with E-state index < -0.39 is 8.07 Å². The lowest BCUT2D eigenvalue weighted by molar-refractivity contribution is 0.400. The highest BCUT2D eigenvalue weighted by atomic mass is 35.5. The molecule has 0 saturated carbocycles. The van der Waals surface area contributed by atoms with Gasteiger partial charge in [-0.05, 0) is 18.3 Å². The molecule has 0 aromatic heterocycles. The molecular weight excluding hydrogens is 184 g/mol. The average molecular weight is 203 g/mol. The van der Waals surface area contributed by atoms with Gasteiger partial charge in [0.15, 0.2) is 0 Å². The third kappa shape index (κ3) is 2.63. The van der Waals surface area contributed by atoms with Crippen LogP contribution < -0.4 is 0 Å². The molecule has 0 unspecified atom stereocenters. The number of rotatable bonds is 3. The van der Waals surface area contributed by atoms with Crippen molar-refractivity contribution < 1.29 is 0 Å². The zero-order chi connectivity index (χ0) is 9.24. The molecule has 0 fully saturated rings. The van der Waals surface area contributed by atoms with Crippen molar-refractivity contribution in [2.24, 2.45) is 5.41 Å². The second-order valence-corrected chi connectivity index (χ2v) is 11.0. The normalized spacial score (nSPS) is 21.7. The molecule has 0 heterocycles. The average Bonchev–Trinajstić information content (AvgIpc) is 2.34. The monoisotopic (exact) mass is 202 g/mol. The Kier molecular flexibility index (Phi) is 3.05. The Morgan fingerprint density at radius 2 is 1.75 bits per heavy atom. The van der Waals surface area contributed by atoms with Gasteiger partial charge < -0.3 is 0 Å². The predicted octanol–water partition coefficient (Wildman–Crippen LogP) is 3.90. The van der Waals surface area contributed by atoms with Gasteiger partial charge in [-0.15, -0.1) is 11.6 Å². The predicted molar refractivity (Wildman–Crippen MR) is 59.7 cm³/mol. The van der Waals surface area contributed by atoms with Crippen molar-refractivity contribution in [3.63, 3.8) is 0 Å². The van der Waals surface area contributed by atoms with E-state index >= 15 is 0 Å². The highest BCUT2D eigenvalue weighted by molar-refractivity contribution is 6.76. The van der Waals surface area contributed by atoms with Gasteiger partial charge in [0.25, 0.3) is 0 Å². The Labute approximate surface area is 82.0 Å². The van der Waals surface area contributed by atoms with Crippen molar-refractivity contribution in [1.29, 1.82) is 0 Å². The van der Waals surface area contributed by atoms with Crippen LogP contribution in [0.25, 0.3) is 0 Å². The topological polar surface area (TPSA) is 0 Å². The van der Waals surface area contributed by atoms with E-state index in [1.54, 1.807) is 0 Å². The fourth-order valence-corrected chi connectivity index (χ4v) is 5.31. The van der Waals surface area contributed by atoms with E-state index in [0.29, 0.717) is 5.41 Å². The first-order valence-corrected chi connectivity index (χ1v) is 8.93. The van der Waals surface area contributed by atoms with Crippen LogP contribution in [0.1, 0.15) is 12.8 Å². The smallest absolute Gasteiger partial charge is 0.0448 e. The standard InChI is InChI=1S/C10H19ClSi/c1-12(2,3)9-10(8-11)6-4-5-7-10/h4-5H,6-9H2,1-3H3. The van der Waals surface area contributed by atoms with Gasteiger partial charge in [-0.3, -0.25) is 0 Å². The van der Waals surface area contributed by atoms with E-state index in [9.17, 15) is 0 Å². The highest BCUT2D eigenvalue weighted by Crippen LogP contribution is 2.41.